The van der Waals surface area contributed by atoms with Gasteiger partial charge in [0.15, 0.2) is 6.20 Å². The van der Waals surface area contributed by atoms with Gasteiger partial charge in [-0.1, -0.05) is 18.2 Å². The van der Waals surface area contributed by atoms with Crippen molar-refractivity contribution in [3.05, 3.63) is 24.4 Å². The zero-order valence-electron chi connectivity index (χ0n) is 10.1. The average Bonchev–Trinajstić information content (AvgIpc) is 2.33. The van der Waals surface area contributed by atoms with Crippen LogP contribution in [0.25, 0.3) is 0 Å². The molecule has 2 nitrogen and oxygen atoms in total. The molecule has 88 valence electrons. The first kappa shape index (κ1) is 11.9. The van der Waals surface area contributed by atoms with Gasteiger partial charge in [0.1, 0.15) is 7.05 Å². The molecule has 0 N–H and O–H groups in total. The van der Waals surface area contributed by atoms with Crippen LogP contribution in [0.2, 0.25) is 0 Å². The summed E-state index contributed by atoms with van der Waals surface area (Å²) < 4.78 is 2.20. The van der Waals surface area contributed by atoms with Crippen molar-refractivity contribution in [1.82, 2.24) is 4.90 Å². The first-order chi connectivity index (χ1) is 7.86. The number of likely N-dealkylation sites (tertiary alicyclic amines) is 1. The molecule has 16 heavy (non-hydrogen) atoms. The van der Waals surface area contributed by atoms with Gasteiger partial charge in [0.05, 0.1) is 0 Å². The van der Waals surface area contributed by atoms with Crippen LogP contribution in [0.3, 0.4) is 0 Å². The van der Waals surface area contributed by atoms with Crippen molar-refractivity contribution in [2.45, 2.75) is 24.3 Å². The smallest absolute Gasteiger partial charge is 0.239 e. The number of hydrogen-bond donors (Lipinski definition) is 0. The fourth-order valence-corrected chi connectivity index (χ4v) is 3.12. The van der Waals surface area contributed by atoms with Crippen LogP contribution >= 0.6 is 11.8 Å². The molecule has 1 saturated heterocycles. The van der Waals surface area contributed by atoms with E-state index in [4.69, 9.17) is 0 Å². The normalized spacial score (nSPS) is 17.6. The lowest BCUT2D eigenvalue weighted by Crippen LogP contribution is -2.33. The molecule has 0 aliphatic carbocycles. The third-order valence-corrected chi connectivity index (χ3v) is 4.22. The van der Waals surface area contributed by atoms with Crippen molar-refractivity contribution < 1.29 is 4.57 Å². The Labute approximate surface area is 103 Å². The highest BCUT2D eigenvalue weighted by Gasteiger charge is 2.11. The Bertz CT molecular complexity index is 321. The second kappa shape index (κ2) is 6.26. The molecule has 2 heterocycles. The molecule has 1 aromatic heterocycles. The van der Waals surface area contributed by atoms with Crippen LogP contribution in [-0.4, -0.2) is 30.3 Å². The average molecular weight is 237 g/mol. The van der Waals surface area contributed by atoms with E-state index < -0.39 is 0 Å². The molecule has 0 atom stereocenters. The third-order valence-electron chi connectivity index (χ3n) is 3.11. The first-order valence-corrected chi connectivity index (χ1v) is 7.14. The van der Waals surface area contributed by atoms with Crippen LogP contribution in [0, 0.1) is 0 Å². The Hall–Kier alpha value is -0.540. The number of aromatic nitrogens is 1. The predicted octanol–water partition coefficient (Wildman–Crippen LogP) is 2.09. The molecular formula is C13H21N2S+. The largest absolute Gasteiger partial charge is 0.303 e. The second-order valence-electron chi connectivity index (χ2n) is 4.40. The van der Waals surface area contributed by atoms with Gasteiger partial charge in [-0.3, -0.25) is 0 Å². The van der Waals surface area contributed by atoms with Gasteiger partial charge in [-0.05, 0) is 32.0 Å². The van der Waals surface area contributed by atoms with Gasteiger partial charge in [-0.25, -0.2) is 0 Å². The molecule has 0 bridgehead atoms. The van der Waals surface area contributed by atoms with Crippen LogP contribution in [0.15, 0.2) is 29.4 Å². The van der Waals surface area contributed by atoms with Crippen LogP contribution in [0.5, 0.6) is 0 Å². The summed E-state index contributed by atoms with van der Waals surface area (Å²) in [7, 11) is 2.11. The molecule has 1 aliphatic rings. The van der Waals surface area contributed by atoms with Gasteiger partial charge in [0, 0.05) is 24.4 Å². The standard InChI is InChI=1S/C13H21N2S/c1-14-8-6-3-7-13(14)16-12-11-15-9-4-2-5-10-15/h3,6-8H,2,4-5,9-12H2,1H3/q+1. The Morgan fingerprint density at radius 3 is 2.81 bits per heavy atom. The highest BCUT2D eigenvalue weighted by molar-refractivity contribution is 7.99. The third kappa shape index (κ3) is 3.49. The molecule has 0 amide bonds. The van der Waals surface area contributed by atoms with E-state index in [1.165, 1.54) is 49.7 Å². The molecule has 0 radical (unpaired) electrons. The topological polar surface area (TPSA) is 7.12 Å². The molecule has 0 unspecified atom stereocenters. The van der Waals surface area contributed by atoms with E-state index in [0.717, 1.165) is 0 Å². The SMILES string of the molecule is C[n+]1ccccc1SCCN1CCCCC1. The maximum Gasteiger partial charge on any atom is 0.239 e. The lowest BCUT2D eigenvalue weighted by atomic mass is 10.1. The molecule has 1 aromatic rings. The number of thioether (sulfide) groups is 1. The van der Waals surface area contributed by atoms with Gasteiger partial charge in [0.2, 0.25) is 5.03 Å². The van der Waals surface area contributed by atoms with Crippen molar-refractivity contribution >= 4 is 11.8 Å². The quantitative estimate of drug-likeness (QED) is 0.585. The van der Waals surface area contributed by atoms with E-state index in [1.807, 2.05) is 11.8 Å². The van der Waals surface area contributed by atoms with E-state index in [2.05, 4.69) is 40.9 Å². The summed E-state index contributed by atoms with van der Waals surface area (Å²) in [5.74, 6) is 1.21. The van der Waals surface area contributed by atoms with Crippen molar-refractivity contribution in [1.29, 1.82) is 0 Å². The number of nitrogens with zero attached hydrogens (tertiary/aromatic N) is 2. The Morgan fingerprint density at radius 1 is 1.25 bits per heavy atom. The minimum Gasteiger partial charge on any atom is -0.303 e. The van der Waals surface area contributed by atoms with Crippen molar-refractivity contribution in [2.75, 3.05) is 25.4 Å². The predicted molar refractivity (Wildman–Crippen MR) is 68.6 cm³/mol. The summed E-state index contributed by atoms with van der Waals surface area (Å²) in [5.41, 5.74) is 0. The molecule has 3 heteroatoms. The molecular weight excluding hydrogens is 216 g/mol. The lowest BCUT2D eigenvalue weighted by molar-refractivity contribution is -0.708. The van der Waals surface area contributed by atoms with Gasteiger partial charge in [-0.2, -0.15) is 4.57 Å². The summed E-state index contributed by atoms with van der Waals surface area (Å²) in [6, 6.07) is 6.39. The molecule has 1 fully saturated rings. The van der Waals surface area contributed by atoms with Gasteiger partial charge in [0.25, 0.3) is 0 Å². The minimum atomic E-state index is 1.21. The van der Waals surface area contributed by atoms with Gasteiger partial charge in [-0.15, -0.1) is 0 Å². The van der Waals surface area contributed by atoms with Crippen LogP contribution < -0.4 is 4.57 Å². The van der Waals surface area contributed by atoms with Crippen molar-refractivity contribution in [2.24, 2.45) is 7.05 Å². The van der Waals surface area contributed by atoms with E-state index in [-0.39, 0.29) is 0 Å². The fraction of sp³-hybridized carbons (Fsp3) is 0.615. The summed E-state index contributed by atoms with van der Waals surface area (Å²) in [6.07, 6.45) is 6.33. The number of pyridine rings is 1. The number of aryl methyl sites for hydroxylation is 1. The molecule has 0 saturated carbocycles. The van der Waals surface area contributed by atoms with Crippen LogP contribution in [-0.2, 0) is 7.05 Å². The molecule has 0 aromatic carbocycles. The number of piperidine rings is 1. The zero-order valence-corrected chi connectivity index (χ0v) is 10.9. The van der Waals surface area contributed by atoms with Gasteiger partial charge >= 0.3 is 0 Å². The number of hydrogen-bond acceptors (Lipinski definition) is 2. The Balaban J connectivity index is 1.73. The van der Waals surface area contributed by atoms with E-state index >= 15 is 0 Å². The fourth-order valence-electron chi connectivity index (χ4n) is 2.12. The Kier molecular flexibility index (Phi) is 4.67. The molecule has 0 spiro atoms. The zero-order chi connectivity index (χ0) is 11.2. The van der Waals surface area contributed by atoms with Crippen molar-refractivity contribution in [3.8, 4) is 0 Å². The summed E-state index contributed by atoms with van der Waals surface area (Å²) in [5, 5.41) is 1.36. The van der Waals surface area contributed by atoms with Crippen molar-refractivity contribution in [3.63, 3.8) is 0 Å². The maximum atomic E-state index is 2.60. The van der Waals surface area contributed by atoms with E-state index in [0.29, 0.717) is 0 Å². The molecule has 1 aliphatic heterocycles. The van der Waals surface area contributed by atoms with Crippen LogP contribution in [0.1, 0.15) is 19.3 Å². The van der Waals surface area contributed by atoms with Crippen LogP contribution in [0.4, 0.5) is 0 Å². The summed E-state index contributed by atoms with van der Waals surface area (Å²) >= 11 is 1.96. The lowest BCUT2D eigenvalue weighted by Gasteiger charge is -2.25. The monoisotopic (exact) mass is 237 g/mol. The number of rotatable bonds is 4. The maximum absolute atomic E-state index is 2.60. The first-order valence-electron chi connectivity index (χ1n) is 6.16. The molecule has 2 rings (SSSR count). The summed E-state index contributed by atoms with van der Waals surface area (Å²) in [4.78, 5) is 2.60. The van der Waals surface area contributed by atoms with Gasteiger partial charge < -0.3 is 4.90 Å². The summed E-state index contributed by atoms with van der Waals surface area (Å²) in [6.45, 7) is 3.85. The van der Waals surface area contributed by atoms with E-state index in [9.17, 15) is 0 Å². The highest BCUT2D eigenvalue weighted by Crippen LogP contribution is 2.14. The van der Waals surface area contributed by atoms with E-state index in [1.54, 1.807) is 0 Å². The minimum absolute atomic E-state index is 1.21. The highest BCUT2D eigenvalue weighted by atomic mass is 32.2. The second-order valence-corrected chi connectivity index (χ2v) is 5.52. The Morgan fingerprint density at radius 2 is 2.06 bits per heavy atom.